The van der Waals surface area contributed by atoms with Gasteiger partial charge in [0.1, 0.15) is 0 Å². The molecule has 2 aliphatic rings. The largest absolute Gasteiger partial charge is 0.345 e. The standard InChI is InChI=1S/C20H33N5O2/c1-5-24-9-6-7-16(19(24)18-11-21-23(4)13-18)12-22(3)20(27)17-8-10-25(14-17)15(2)26/h11,13,16-17,19H,5-10,12,14H2,1-4H3/t16-,17?,19+/m0/s1. The Balaban J connectivity index is 1.68. The van der Waals surface area contributed by atoms with E-state index in [0.29, 0.717) is 25.0 Å². The number of amides is 2. The van der Waals surface area contributed by atoms with E-state index in [4.69, 9.17) is 0 Å². The summed E-state index contributed by atoms with van der Waals surface area (Å²) in [6, 6.07) is 0.310. The van der Waals surface area contributed by atoms with E-state index in [1.807, 2.05) is 29.9 Å². The monoisotopic (exact) mass is 375 g/mol. The summed E-state index contributed by atoms with van der Waals surface area (Å²) in [6.45, 7) is 7.91. The van der Waals surface area contributed by atoms with Gasteiger partial charge in [-0.3, -0.25) is 19.2 Å². The molecule has 1 aromatic rings. The molecule has 27 heavy (non-hydrogen) atoms. The predicted octanol–water partition coefficient (Wildman–Crippen LogP) is 1.52. The molecule has 0 spiro atoms. The molecule has 7 nitrogen and oxygen atoms in total. The van der Waals surface area contributed by atoms with E-state index in [1.165, 1.54) is 12.0 Å². The molecule has 3 heterocycles. The highest BCUT2D eigenvalue weighted by molar-refractivity contribution is 5.81. The van der Waals surface area contributed by atoms with Crippen molar-refractivity contribution in [2.45, 2.75) is 39.2 Å². The zero-order valence-electron chi connectivity index (χ0n) is 17.1. The first-order valence-corrected chi connectivity index (χ1v) is 10.1. The van der Waals surface area contributed by atoms with Gasteiger partial charge < -0.3 is 9.80 Å². The van der Waals surface area contributed by atoms with Gasteiger partial charge in [-0.05, 0) is 38.3 Å². The minimum absolute atomic E-state index is 0.0541. The van der Waals surface area contributed by atoms with Crippen molar-refractivity contribution in [3.05, 3.63) is 18.0 Å². The average Bonchev–Trinajstić information content (AvgIpc) is 3.30. The lowest BCUT2D eigenvalue weighted by atomic mass is 9.85. The maximum atomic E-state index is 12.9. The first-order valence-electron chi connectivity index (χ1n) is 10.1. The highest BCUT2D eigenvalue weighted by Crippen LogP contribution is 2.36. The molecule has 7 heteroatoms. The fraction of sp³-hybridized carbons (Fsp3) is 0.750. The summed E-state index contributed by atoms with van der Waals surface area (Å²) in [5, 5.41) is 4.37. The maximum absolute atomic E-state index is 12.9. The van der Waals surface area contributed by atoms with Crippen LogP contribution in [0.2, 0.25) is 0 Å². The van der Waals surface area contributed by atoms with Crippen molar-refractivity contribution >= 4 is 11.8 Å². The lowest BCUT2D eigenvalue weighted by molar-refractivity contribution is -0.135. The van der Waals surface area contributed by atoms with Gasteiger partial charge in [-0.25, -0.2) is 0 Å². The summed E-state index contributed by atoms with van der Waals surface area (Å²) in [4.78, 5) is 30.7. The number of aryl methyl sites for hydroxylation is 1. The Bertz CT molecular complexity index is 673. The Kier molecular flexibility index (Phi) is 6.19. The van der Waals surface area contributed by atoms with Crippen molar-refractivity contribution in [3.8, 4) is 0 Å². The number of hydrogen-bond acceptors (Lipinski definition) is 4. The SMILES string of the molecule is CCN1CCC[C@@H](CN(C)C(=O)C2CCN(C(C)=O)C2)[C@@H]1c1cnn(C)c1. The number of aromatic nitrogens is 2. The molecule has 0 aliphatic carbocycles. The number of nitrogens with zero attached hydrogens (tertiary/aromatic N) is 5. The van der Waals surface area contributed by atoms with E-state index in [2.05, 4.69) is 23.1 Å². The average molecular weight is 376 g/mol. The van der Waals surface area contributed by atoms with Crippen molar-refractivity contribution in [3.63, 3.8) is 0 Å². The van der Waals surface area contributed by atoms with E-state index in [-0.39, 0.29) is 17.7 Å². The summed E-state index contributed by atoms with van der Waals surface area (Å²) in [5.41, 5.74) is 1.24. The van der Waals surface area contributed by atoms with Crippen LogP contribution >= 0.6 is 0 Å². The fourth-order valence-corrected chi connectivity index (χ4v) is 4.77. The van der Waals surface area contributed by atoms with Crippen LogP contribution in [0.25, 0.3) is 0 Å². The molecule has 2 amide bonds. The summed E-state index contributed by atoms with van der Waals surface area (Å²) in [7, 11) is 3.87. The molecule has 2 saturated heterocycles. The fourth-order valence-electron chi connectivity index (χ4n) is 4.77. The molecule has 0 saturated carbocycles. The van der Waals surface area contributed by atoms with E-state index < -0.39 is 0 Å². The highest BCUT2D eigenvalue weighted by atomic mass is 16.2. The molecule has 0 radical (unpaired) electrons. The minimum Gasteiger partial charge on any atom is -0.345 e. The molecule has 1 aromatic heterocycles. The van der Waals surface area contributed by atoms with E-state index in [1.54, 1.807) is 11.8 Å². The molecule has 0 N–H and O–H groups in total. The number of likely N-dealkylation sites (tertiary alicyclic amines) is 2. The molecular weight excluding hydrogens is 342 g/mol. The normalized spacial score (nSPS) is 26.4. The molecule has 3 rings (SSSR count). The van der Waals surface area contributed by atoms with Crippen LogP contribution in [0.15, 0.2) is 12.4 Å². The zero-order valence-corrected chi connectivity index (χ0v) is 17.1. The second-order valence-electron chi connectivity index (χ2n) is 8.09. The summed E-state index contributed by atoms with van der Waals surface area (Å²) in [5.74, 6) is 0.594. The van der Waals surface area contributed by atoms with Gasteiger partial charge in [0.15, 0.2) is 0 Å². The molecule has 3 atom stereocenters. The van der Waals surface area contributed by atoms with E-state index in [0.717, 1.165) is 32.5 Å². The van der Waals surface area contributed by atoms with Gasteiger partial charge in [-0.15, -0.1) is 0 Å². The van der Waals surface area contributed by atoms with Crippen LogP contribution in [-0.4, -0.2) is 76.1 Å². The predicted molar refractivity (Wildman–Crippen MR) is 104 cm³/mol. The summed E-state index contributed by atoms with van der Waals surface area (Å²) >= 11 is 0. The van der Waals surface area contributed by atoms with Crippen molar-refractivity contribution in [1.29, 1.82) is 0 Å². The minimum atomic E-state index is -0.0541. The Morgan fingerprint density at radius 3 is 2.67 bits per heavy atom. The van der Waals surface area contributed by atoms with Crippen LogP contribution in [0.1, 0.15) is 44.7 Å². The third-order valence-corrected chi connectivity index (χ3v) is 6.20. The quantitative estimate of drug-likeness (QED) is 0.783. The topological polar surface area (TPSA) is 61.7 Å². The van der Waals surface area contributed by atoms with Crippen LogP contribution in [0.3, 0.4) is 0 Å². The summed E-state index contributed by atoms with van der Waals surface area (Å²) < 4.78 is 1.86. The van der Waals surface area contributed by atoms with Gasteiger partial charge in [0.2, 0.25) is 11.8 Å². The maximum Gasteiger partial charge on any atom is 0.227 e. The third kappa shape index (κ3) is 4.34. The number of hydrogen-bond donors (Lipinski definition) is 0. The Morgan fingerprint density at radius 2 is 2.07 bits per heavy atom. The smallest absolute Gasteiger partial charge is 0.227 e. The molecule has 1 unspecified atom stereocenters. The van der Waals surface area contributed by atoms with Crippen LogP contribution in [-0.2, 0) is 16.6 Å². The molecule has 2 aliphatic heterocycles. The van der Waals surface area contributed by atoms with E-state index >= 15 is 0 Å². The van der Waals surface area contributed by atoms with Crippen LogP contribution in [0.5, 0.6) is 0 Å². The Hall–Kier alpha value is -1.89. The second kappa shape index (κ2) is 8.42. The Labute approximate surface area is 162 Å². The van der Waals surface area contributed by atoms with Crippen molar-refractivity contribution in [2.24, 2.45) is 18.9 Å². The number of carbonyl (C=O) groups excluding carboxylic acids is 2. The van der Waals surface area contributed by atoms with Crippen LogP contribution < -0.4 is 0 Å². The van der Waals surface area contributed by atoms with Gasteiger partial charge in [-0.1, -0.05) is 6.92 Å². The first kappa shape index (κ1) is 19.9. The van der Waals surface area contributed by atoms with Gasteiger partial charge in [0, 0.05) is 58.5 Å². The Morgan fingerprint density at radius 1 is 1.30 bits per heavy atom. The lowest BCUT2D eigenvalue weighted by Gasteiger charge is -2.42. The zero-order chi connectivity index (χ0) is 19.6. The van der Waals surface area contributed by atoms with Crippen molar-refractivity contribution < 1.29 is 9.59 Å². The molecule has 2 fully saturated rings. The highest BCUT2D eigenvalue weighted by Gasteiger charge is 2.36. The second-order valence-corrected chi connectivity index (χ2v) is 8.09. The molecule has 0 bridgehead atoms. The molecule has 150 valence electrons. The van der Waals surface area contributed by atoms with Crippen molar-refractivity contribution in [1.82, 2.24) is 24.5 Å². The van der Waals surface area contributed by atoms with Gasteiger partial charge in [0.05, 0.1) is 12.1 Å². The molecule has 0 aromatic carbocycles. The van der Waals surface area contributed by atoms with Crippen LogP contribution in [0.4, 0.5) is 0 Å². The van der Waals surface area contributed by atoms with Gasteiger partial charge >= 0.3 is 0 Å². The van der Waals surface area contributed by atoms with E-state index in [9.17, 15) is 9.59 Å². The van der Waals surface area contributed by atoms with Gasteiger partial charge in [-0.2, -0.15) is 5.10 Å². The number of carbonyl (C=O) groups is 2. The first-order chi connectivity index (χ1) is 12.9. The van der Waals surface area contributed by atoms with Gasteiger partial charge in [0.25, 0.3) is 0 Å². The lowest BCUT2D eigenvalue weighted by Crippen LogP contribution is -2.45. The number of piperidine rings is 1. The summed E-state index contributed by atoms with van der Waals surface area (Å²) in [6.07, 6.45) is 7.14. The third-order valence-electron chi connectivity index (χ3n) is 6.20. The molecular formula is C20H33N5O2. The van der Waals surface area contributed by atoms with Crippen LogP contribution in [0, 0.1) is 11.8 Å². The van der Waals surface area contributed by atoms with Crippen molar-refractivity contribution in [2.75, 3.05) is 39.8 Å². The number of rotatable bonds is 5.